The lowest BCUT2D eigenvalue weighted by atomic mass is 10.1. The monoisotopic (exact) mass is 413 g/mol. The molecule has 0 bridgehead atoms. The second-order valence-electron chi connectivity index (χ2n) is 6.95. The van der Waals surface area contributed by atoms with Crippen LogP contribution in [0.15, 0.2) is 40.3 Å². The van der Waals surface area contributed by atoms with Crippen molar-refractivity contribution in [1.29, 1.82) is 0 Å². The Bertz CT molecular complexity index is 1060. The maximum absolute atomic E-state index is 13.6. The van der Waals surface area contributed by atoms with E-state index in [9.17, 15) is 9.59 Å². The summed E-state index contributed by atoms with van der Waals surface area (Å²) in [6.07, 6.45) is 5.56. The number of thioether (sulfide) groups is 1. The lowest BCUT2D eigenvalue weighted by molar-refractivity contribution is -0.118. The van der Waals surface area contributed by atoms with Crippen molar-refractivity contribution in [3.8, 4) is 5.69 Å². The minimum Gasteiger partial charge on any atom is -0.356 e. The van der Waals surface area contributed by atoms with Crippen molar-refractivity contribution in [2.24, 2.45) is 0 Å². The van der Waals surface area contributed by atoms with Gasteiger partial charge in [-0.3, -0.25) is 14.2 Å². The largest absolute Gasteiger partial charge is 0.356 e. The van der Waals surface area contributed by atoms with Crippen LogP contribution in [-0.4, -0.2) is 27.8 Å². The minimum atomic E-state index is -0.0496. The van der Waals surface area contributed by atoms with Gasteiger partial charge in [0.05, 0.1) is 11.1 Å². The van der Waals surface area contributed by atoms with Crippen LogP contribution in [0, 0.1) is 0 Å². The topological polar surface area (TPSA) is 64.0 Å². The molecule has 2 aromatic heterocycles. The third kappa shape index (κ3) is 3.86. The molecule has 0 fully saturated rings. The third-order valence-corrected chi connectivity index (χ3v) is 7.06. The minimum absolute atomic E-state index is 0.0256. The third-order valence-electron chi connectivity index (χ3n) is 4.93. The number of hydrogen-bond acceptors (Lipinski definition) is 5. The zero-order valence-corrected chi connectivity index (χ0v) is 17.5. The number of aryl methyl sites for hydroxylation is 2. The van der Waals surface area contributed by atoms with E-state index in [1.54, 1.807) is 15.9 Å². The van der Waals surface area contributed by atoms with Crippen molar-refractivity contribution < 1.29 is 4.79 Å². The molecule has 0 atom stereocenters. The Hall–Kier alpha value is -2.12. The second kappa shape index (κ2) is 8.49. The van der Waals surface area contributed by atoms with E-state index in [1.807, 2.05) is 30.3 Å². The Kier molecular flexibility index (Phi) is 5.82. The van der Waals surface area contributed by atoms with Crippen molar-refractivity contribution in [3.05, 3.63) is 51.1 Å². The zero-order chi connectivity index (χ0) is 19.5. The summed E-state index contributed by atoms with van der Waals surface area (Å²) in [5.74, 6) is 0.613. The lowest BCUT2D eigenvalue weighted by Crippen LogP contribution is -2.24. The average Bonchev–Trinajstić information content (AvgIpc) is 2.87. The summed E-state index contributed by atoms with van der Waals surface area (Å²) in [5, 5.41) is 4.29. The van der Waals surface area contributed by atoms with Gasteiger partial charge in [-0.2, -0.15) is 0 Å². The van der Waals surface area contributed by atoms with Gasteiger partial charge >= 0.3 is 0 Å². The Morgan fingerprint density at radius 3 is 2.79 bits per heavy atom. The smallest absolute Gasteiger partial charge is 0.267 e. The molecule has 4 rings (SSSR count). The molecular formula is C21H23N3O2S2. The molecule has 3 aromatic rings. The first-order chi connectivity index (χ1) is 13.6. The van der Waals surface area contributed by atoms with Gasteiger partial charge in [-0.15, -0.1) is 11.3 Å². The molecule has 0 unspecified atom stereocenters. The molecule has 146 valence electrons. The molecule has 0 spiro atoms. The molecule has 1 amide bonds. The van der Waals surface area contributed by atoms with E-state index in [4.69, 9.17) is 4.98 Å². The number of rotatable bonds is 5. The number of carbonyl (C=O) groups is 1. The molecule has 1 aliphatic carbocycles. The number of amides is 1. The van der Waals surface area contributed by atoms with Gasteiger partial charge in [0.1, 0.15) is 4.83 Å². The van der Waals surface area contributed by atoms with Gasteiger partial charge in [0.25, 0.3) is 5.56 Å². The number of carbonyl (C=O) groups excluding carboxylic acids is 1. The highest BCUT2D eigenvalue weighted by atomic mass is 32.2. The van der Waals surface area contributed by atoms with Crippen LogP contribution in [0.3, 0.4) is 0 Å². The molecule has 0 saturated heterocycles. The first-order valence-corrected chi connectivity index (χ1v) is 11.5. The maximum Gasteiger partial charge on any atom is 0.267 e. The second-order valence-corrected chi connectivity index (χ2v) is 9.09. The molecule has 5 nitrogen and oxygen atoms in total. The fraction of sp³-hybridized carbons (Fsp3) is 0.381. The predicted octanol–water partition coefficient (Wildman–Crippen LogP) is 3.94. The number of para-hydroxylation sites is 1. The Labute approximate surface area is 172 Å². The van der Waals surface area contributed by atoms with E-state index in [0.29, 0.717) is 17.5 Å². The zero-order valence-electron chi connectivity index (χ0n) is 15.9. The van der Waals surface area contributed by atoms with Crippen molar-refractivity contribution in [2.75, 3.05) is 12.3 Å². The van der Waals surface area contributed by atoms with Gasteiger partial charge in [0, 0.05) is 24.1 Å². The molecule has 1 aromatic carbocycles. The molecule has 0 aliphatic heterocycles. The van der Waals surface area contributed by atoms with E-state index in [1.165, 1.54) is 42.0 Å². The van der Waals surface area contributed by atoms with Gasteiger partial charge in [0.2, 0.25) is 5.91 Å². The van der Waals surface area contributed by atoms with Gasteiger partial charge in [-0.1, -0.05) is 36.4 Å². The van der Waals surface area contributed by atoms with E-state index < -0.39 is 0 Å². The summed E-state index contributed by atoms with van der Waals surface area (Å²) >= 11 is 3.19. The normalized spacial score (nSPS) is 13.9. The fourth-order valence-corrected chi connectivity index (χ4v) is 5.80. The molecule has 0 saturated carbocycles. The number of hydrogen-bond donors (Lipinski definition) is 1. The number of nitrogens with one attached hydrogen (secondary N) is 1. The summed E-state index contributed by atoms with van der Waals surface area (Å²) in [6, 6.07) is 9.70. The van der Waals surface area contributed by atoms with Crippen LogP contribution in [0.2, 0.25) is 0 Å². The Balaban J connectivity index is 1.82. The van der Waals surface area contributed by atoms with Crippen LogP contribution in [0.1, 0.15) is 36.6 Å². The Morgan fingerprint density at radius 1 is 1.21 bits per heavy atom. The van der Waals surface area contributed by atoms with E-state index in [-0.39, 0.29) is 11.5 Å². The van der Waals surface area contributed by atoms with E-state index in [2.05, 4.69) is 5.32 Å². The number of benzene rings is 1. The van der Waals surface area contributed by atoms with Crippen LogP contribution >= 0.6 is 23.1 Å². The van der Waals surface area contributed by atoms with E-state index in [0.717, 1.165) is 35.2 Å². The molecular weight excluding hydrogens is 390 g/mol. The quantitative estimate of drug-likeness (QED) is 0.298. The number of thiophene rings is 1. The summed E-state index contributed by atoms with van der Waals surface area (Å²) < 4.78 is 1.73. The first kappa shape index (κ1) is 19.2. The highest BCUT2D eigenvalue weighted by Crippen LogP contribution is 2.34. The lowest BCUT2D eigenvalue weighted by Gasteiger charge is -2.12. The Morgan fingerprint density at radius 2 is 2.00 bits per heavy atom. The predicted molar refractivity (Wildman–Crippen MR) is 116 cm³/mol. The average molecular weight is 414 g/mol. The maximum atomic E-state index is 13.6. The summed E-state index contributed by atoms with van der Waals surface area (Å²) in [6.45, 7) is 2.05. The molecule has 1 aliphatic rings. The van der Waals surface area contributed by atoms with Gasteiger partial charge in [-0.25, -0.2) is 4.98 Å². The molecule has 7 heteroatoms. The SMILES string of the molecule is CC(=O)NCCSc1nc2sc3c(c2c(=O)n1-c1ccccc1)CCCCC3. The molecule has 0 radical (unpaired) electrons. The van der Waals surface area contributed by atoms with E-state index >= 15 is 0 Å². The van der Waals surface area contributed by atoms with Crippen molar-refractivity contribution in [2.45, 2.75) is 44.2 Å². The number of nitrogens with zero attached hydrogens (tertiary/aromatic N) is 2. The number of aromatic nitrogens is 2. The van der Waals surface area contributed by atoms with Gasteiger partial charge in [-0.05, 0) is 43.4 Å². The highest BCUT2D eigenvalue weighted by molar-refractivity contribution is 7.99. The molecule has 2 heterocycles. The summed E-state index contributed by atoms with van der Waals surface area (Å²) in [5.41, 5.74) is 2.07. The summed E-state index contributed by atoms with van der Waals surface area (Å²) in [4.78, 5) is 31.8. The highest BCUT2D eigenvalue weighted by Gasteiger charge is 2.22. The molecule has 28 heavy (non-hydrogen) atoms. The van der Waals surface area contributed by atoms with Gasteiger partial charge in [0.15, 0.2) is 5.16 Å². The van der Waals surface area contributed by atoms with Crippen molar-refractivity contribution in [1.82, 2.24) is 14.9 Å². The molecule has 1 N–H and O–H groups in total. The standard InChI is InChI=1S/C21H23N3O2S2/c1-14(25)22-12-13-27-21-23-19-18(16-10-6-3-7-11-17(16)28-19)20(26)24(21)15-8-4-2-5-9-15/h2,4-5,8-9H,3,6-7,10-13H2,1H3,(H,22,25). The van der Waals surface area contributed by atoms with Crippen LogP contribution in [0.5, 0.6) is 0 Å². The van der Waals surface area contributed by atoms with Crippen molar-refractivity contribution in [3.63, 3.8) is 0 Å². The summed E-state index contributed by atoms with van der Waals surface area (Å²) in [7, 11) is 0. The number of fused-ring (bicyclic) bond motifs is 3. The van der Waals surface area contributed by atoms with Crippen LogP contribution in [0.25, 0.3) is 15.9 Å². The first-order valence-electron chi connectivity index (χ1n) is 9.65. The van der Waals surface area contributed by atoms with Crippen LogP contribution in [0.4, 0.5) is 0 Å². The van der Waals surface area contributed by atoms with Crippen LogP contribution < -0.4 is 10.9 Å². The van der Waals surface area contributed by atoms with Gasteiger partial charge < -0.3 is 5.32 Å². The van der Waals surface area contributed by atoms with Crippen molar-refractivity contribution >= 4 is 39.2 Å². The van der Waals surface area contributed by atoms with Crippen LogP contribution in [-0.2, 0) is 17.6 Å². The fourth-order valence-electron chi connectivity index (χ4n) is 3.63.